The third kappa shape index (κ3) is 2.15. The number of nitrogens with zero attached hydrogens (tertiary/aromatic N) is 1. The van der Waals surface area contributed by atoms with E-state index in [9.17, 15) is 4.39 Å². The van der Waals surface area contributed by atoms with Crippen molar-refractivity contribution >= 4 is 17.3 Å². The van der Waals surface area contributed by atoms with Crippen LogP contribution < -0.4 is 5.32 Å². The van der Waals surface area contributed by atoms with Crippen LogP contribution >= 0.6 is 11.6 Å². The summed E-state index contributed by atoms with van der Waals surface area (Å²) >= 11 is 5.71. The fraction of sp³-hybridized carbons (Fsp3) is 0.500. The molecule has 0 amide bonds. The molecule has 0 saturated heterocycles. The van der Waals surface area contributed by atoms with Crippen LogP contribution in [0.3, 0.4) is 0 Å². The molecule has 0 spiro atoms. The second-order valence-corrected chi connectivity index (χ2v) is 4.16. The lowest BCUT2D eigenvalue weighted by molar-refractivity contribution is 0.326. The van der Waals surface area contributed by atoms with Crippen LogP contribution in [0.1, 0.15) is 18.5 Å². The summed E-state index contributed by atoms with van der Waals surface area (Å²) in [6.45, 7) is 2.23. The van der Waals surface area contributed by atoms with Crippen LogP contribution in [0.4, 0.5) is 10.1 Å². The standard InChI is InChI=1S/C10H12ClFN2/c1-7-8(2-3-9(11)14-7)13-6-10(12)4-5-10/h2-3,13H,4-6H2,1H3. The third-order valence-electron chi connectivity index (χ3n) is 2.44. The first-order chi connectivity index (χ1) is 6.59. The molecule has 0 atom stereocenters. The average molecular weight is 215 g/mol. The third-order valence-corrected chi connectivity index (χ3v) is 2.65. The Bertz CT molecular complexity index is 350. The summed E-state index contributed by atoms with van der Waals surface area (Å²) in [5.74, 6) is 0. The predicted molar refractivity (Wildman–Crippen MR) is 55.5 cm³/mol. The number of halogens is 2. The van der Waals surface area contributed by atoms with E-state index in [0.717, 1.165) is 11.4 Å². The van der Waals surface area contributed by atoms with Crippen LogP contribution in [-0.2, 0) is 0 Å². The van der Waals surface area contributed by atoms with E-state index < -0.39 is 5.67 Å². The van der Waals surface area contributed by atoms with Gasteiger partial charge in [0, 0.05) is 6.54 Å². The molecule has 1 heterocycles. The van der Waals surface area contributed by atoms with Crippen molar-refractivity contribution in [2.75, 3.05) is 11.9 Å². The van der Waals surface area contributed by atoms with Gasteiger partial charge in [-0.25, -0.2) is 9.37 Å². The van der Waals surface area contributed by atoms with Crippen LogP contribution in [-0.4, -0.2) is 17.2 Å². The second-order valence-electron chi connectivity index (χ2n) is 3.77. The van der Waals surface area contributed by atoms with E-state index in [1.54, 1.807) is 6.07 Å². The maximum absolute atomic E-state index is 13.3. The molecule has 0 unspecified atom stereocenters. The summed E-state index contributed by atoms with van der Waals surface area (Å²) in [6.07, 6.45) is 1.33. The number of rotatable bonds is 3. The molecule has 1 aromatic heterocycles. The molecular weight excluding hydrogens is 203 g/mol. The molecule has 1 aliphatic carbocycles. The number of anilines is 1. The lowest BCUT2D eigenvalue weighted by atomic mass is 10.3. The SMILES string of the molecule is Cc1nc(Cl)ccc1NCC1(F)CC1. The molecule has 1 N–H and O–H groups in total. The maximum atomic E-state index is 13.3. The molecule has 0 aliphatic heterocycles. The fourth-order valence-electron chi connectivity index (χ4n) is 1.28. The summed E-state index contributed by atoms with van der Waals surface area (Å²) in [7, 11) is 0. The van der Waals surface area contributed by atoms with Gasteiger partial charge in [0.1, 0.15) is 10.8 Å². The Kier molecular flexibility index (Phi) is 2.35. The van der Waals surface area contributed by atoms with E-state index in [1.165, 1.54) is 0 Å². The summed E-state index contributed by atoms with van der Waals surface area (Å²) < 4.78 is 13.3. The number of hydrogen-bond donors (Lipinski definition) is 1. The Morgan fingerprint density at radius 1 is 1.57 bits per heavy atom. The van der Waals surface area contributed by atoms with Crippen LogP contribution in [0.2, 0.25) is 5.15 Å². The minimum absolute atomic E-state index is 0.372. The minimum atomic E-state index is -0.980. The summed E-state index contributed by atoms with van der Waals surface area (Å²) in [5, 5.41) is 3.51. The Morgan fingerprint density at radius 3 is 2.86 bits per heavy atom. The van der Waals surface area contributed by atoms with Gasteiger partial charge in [-0.1, -0.05) is 11.6 Å². The smallest absolute Gasteiger partial charge is 0.129 e. The van der Waals surface area contributed by atoms with Crippen molar-refractivity contribution in [3.05, 3.63) is 23.0 Å². The largest absolute Gasteiger partial charge is 0.380 e. The Balaban J connectivity index is 2.02. The van der Waals surface area contributed by atoms with Gasteiger partial charge in [-0.15, -0.1) is 0 Å². The number of nitrogens with one attached hydrogen (secondary N) is 1. The van der Waals surface area contributed by atoms with Crippen molar-refractivity contribution in [2.45, 2.75) is 25.4 Å². The molecule has 0 aromatic carbocycles. The first kappa shape index (κ1) is 9.71. The first-order valence-electron chi connectivity index (χ1n) is 4.65. The van der Waals surface area contributed by atoms with Gasteiger partial charge < -0.3 is 5.32 Å². The van der Waals surface area contributed by atoms with Crippen molar-refractivity contribution in [3.8, 4) is 0 Å². The van der Waals surface area contributed by atoms with Gasteiger partial charge in [0.15, 0.2) is 0 Å². The average Bonchev–Trinajstić information content (AvgIpc) is 2.83. The first-order valence-corrected chi connectivity index (χ1v) is 5.03. The van der Waals surface area contributed by atoms with Crippen molar-refractivity contribution in [1.82, 2.24) is 4.98 Å². The highest BCUT2D eigenvalue weighted by atomic mass is 35.5. The summed E-state index contributed by atoms with van der Waals surface area (Å²) in [5.41, 5.74) is 0.687. The normalized spacial score (nSPS) is 17.9. The van der Waals surface area contributed by atoms with E-state index in [-0.39, 0.29) is 0 Å². The van der Waals surface area contributed by atoms with Crippen LogP contribution in [0, 0.1) is 6.92 Å². The number of aromatic nitrogens is 1. The molecule has 1 aromatic rings. The van der Waals surface area contributed by atoms with Crippen molar-refractivity contribution in [2.24, 2.45) is 0 Å². The van der Waals surface area contributed by atoms with Crippen molar-refractivity contribution < 1.29 is 4.39 Å². The molecule has 1 aliphatic rings. The highest BCUT2D eigenvalue weighted by Crippen LogP contribution is 2.39. The van der Waals surface area contributed by atoms with Gasteiger partial charge >= 0.3 is 0 Å². The molecule has 14 heavy (non-hydrogen) atoms. The van der Waals surface area contributed by atoms with Crippen LogP contribution in [0.15, 0.2) is 12.1 Å². The molecule has 0 radical (unpaired) electrons. The van der Waals surface area contributed by atoms with Gasteiger partial charge in [-0.3, -0.25) is 0 Å². The number of alkyl halides is 1. The molecule has 1 fully saturated rings. The summed E-state index contributed by atoms with van der Waals surface area (Å²) in [4.78, 5) is 4.08. The van der Waals surface area contributed by atoms with E-state index in [0.29, 0.717) is 24.5 Å². The zero-order valence-electron chi connectivity index (χ0n) is 7.98. The van der Waals surface area contributed by atoms with Gasteiger partial charge in [0.05, 0.1) is 11.4 Å². The van der Waals surface area contributed by atoms with Crippen molar-refractivity contribution in [1.29, 1.82) is 0 Å². The number of hydrogen-bond acceptors (Lipinski definition) is 2. The van der Waals surface area contributed by atoms with E-state index >= 15 is 0 Å². The molecule has 76 valence electrons. The quantitative estimate of drug-likeness (QED) is 0.783. The zero-order valence-corrected chi connectivity index (χ0v) is 8.74. The fourth-order valence-corrected chi connectivity index (χ4v) is 1.47. The van der Waals surface area contributed by atoms with Gasteiger partial charge in [-0.2, -0.15) is 0 Å². The molecule has 1 saturated carbocycles. The van der Waals surface area contributed by atoms with Crippen LogP contribution in [0.5, 0.6) is 0 Å². The molecule has 4 heteroatoms. The van der Waals surface area contributed by atoms with Crippen molar-refractivity contribution in [3.63, 3.8) is 0 Å². The zero-order chi connectivity index (χ0) is 10.2. The molecule has 2 rings (SSSR count). The number of pyridine rings is 1. The Hall–Kier alpha value is -0.830. The highest BCUT2D eigenvalue weighted by Gasteiger charge is 2.42. The Labute approximate surface area is 87.5 Å². The van der Waals surface area contributed by atoms with E-state index in [1.807, 2.05) is 13.0 Å². The lowest BCUT2D eigenvalue weighted by Gasteiger charge is -2.10. The topological polar surface area (TPSA) is 24.9 Å². The Morgan fingerprint density at radius 2 is 2.29 bits per heavy atom. The molecule has 0 bridgehead atoms. The highest BCUT2D eigenvalue weighted by molar-refractivity contribution is 6.29. The minimum Gasteiger partial charge on any atom is -0.380 e. The van der Waals surface area contributed by atoms with E-state index in [2.05, 4.69) is 10.3 Å². The molecule has 2 nitrogen and oxygen atoms in total. The molecular formula is C10H12ClFN2. The lowest BCUT2D eigenvalue weighted by Crippen LogP contribution is -2.16. The summed E-state index contributed by atoms with van der Waals surface area (Å²) in [6, 6.07) is 3.53. The van der Waals surface area contributed by atoms with Gasteiger partial charge in [0.25, 0.3) is 0 Å². The van der Waals surface area contributed by atoms with Crippen LogP contribution in [0.25, 0.3) is 0 Å². The monoisotopic (exact) mass is 214 g/mol. The number of aryl methyl sites for hydroxylation is 1. The van der Waals surface area contributed by atoms with E-state index in [4.69, 9.17) is 11.6 Å². The van der Waals surface area contributed by atoms with Gasteiger partial charge in [-0.05, 0) is 31.9 Å². The van der Waals surface area contributed by atoms with Gasteiger partial charge in [0.2, 0.25) is 0 Å². The predicted octanol–water partition coefficient (Wildman–Crippen LogP) is 2.96. The maximum Gasteiger partial charge on any atom is 0.129 e. The second kappa shape index (κ2) is 3.39.